The second kappa shape index (κ2) is 6.99. The average molecular weight is 272 g/mol. The van der Waals surface area contributed by atoms with Gasteiger partial charge >= 0.3 is 0 Å². The van der Waals surface area contributed by atoms with E-state index in [0.29, 0.717) is 6.04 Å². The standard InChI is InChI=1S/C12H18BrNO/c1-3-15-9-11(14-2)8-10-6-4-5-7-12(10)13/h4-7,11,14H,3,8-9H2,1-2H3. The van der Waals surface area contributed by atoms with Gasteiger partial charge < -0.3 is 10.1 Å². The molecule has 1 atom stereocenters. The normalized spacial score (nSPS) is 12.7. The van der Waals surface area contributed by atoms with Crippen molar-refractivity contribution in [3.63, 3.8) is 0 Å². The van der Waals surface area contributed by atoms with Crippen molar-refractivity contribution in [3.05, 3.63) is 34.3 Å². The summed E-state index contributed by atoms with van der Waals surface area (Å²) in [5.74, 6) is 0. The molecule has 0 fully saturated rings. The number of halogens is 1. The second-order valence-electron chi connectivity index (χ2n) is 3.44. The highest BCUT2D eigenvalue weighted by atomic mass is 79.9. The quantitative estimate of drug-likeness (QED) is 0.859. The van der Waals surface area contributed by atoms with Crippen molar-refractivity contribution in [1.29, 1.82) is 0 Å². The molecule has 0 aliphatic heterocycles. The van der Waals surface area contributed by atoms with Gasteiger partial charge in [0.2, 0.25) is 0 Å². The fraction of sp³-hybridized carbons (Fsp3) is 0.500. The van der Waals surface area contributed by atoms with Crippen LogP contribution >= 0.6 is 15.9 Å². The van der Waals surface area contributed by atoms with Crippen molar-refractivity contribution in [2.24, 2.45) is 0 Å². The number of nitrogens with one attached hydrogen (secondary N) is 1. The molecule has 84 valence electrons. The lowest BCUT2D eigenvalue weighted by Crippen LogP contribution is -2.32. The number of benzene rings is 1. The number of ether oxygens (including phenoxy) is 1. The Morgan fingerprint density at radius 3 is 2.73 bits per heavy atom. The molecule has 0 aliphatic carbocycles. The zero-order chi connectivity index (χ0) is 11.1. The number of hydrogen-bond donors (Lipinski definition) is 1. The molecule has 1 aromatic rings. The van der Waals surface area contributed by atoms with Gasteiger partial charge in [-0.25, -0.2) is 0 Å². The lowest BCUT2D eigenvalue weighted by molar-refractivity contribution is 0.125. The summed E-state index contributed by atoms with van der Waals surface area (Å²) in [6.07, 6.45) is 0.984. The van der Waals surface area contributed by atoms with Crippen molar-refractivity contribution in [1.82, 2.24) is 5.32 Å². The lowest BCUT2D eigenvalue weighted by Gasteiger charge is -2.16. The minimum absolute atomic E-state index is 0.378. The summed E-state index contributed by atoms with van der Waals surface area (Å²) < 4.78 is 6.59. The van der Waals surface area contributed by atoms with E-state index in [1.54, 1.807) is 0 Å². The Labute approximate surface area is 100 Å². The first-order valence-corrected chi connectivity index (χ1v) is 6.05. The number of rotatable bonds is 6. The summed E-state index contributed by atoms with van der Waals surface area (Å²) in [6, 6.07) is 8.69. The molecule has 1 aromatic carbocycles. The van der Waals surface area contributed by atoms with E-state index in [1.807, 2.05) is 20.0 Å². The van der Waals surface area contributed by atoms with Gasteiger partial charge in [-0.3, -0.25) is 0 Å². The van der Waals surface area contributed by atoms with Crippen LogP contribution in [-0.4, -0.2) is 26.3 Å². The highest BCUT2D eigenvalue weighted by Gasteiger charge is 2.08. The van der Waals surface area contributed by atoms with E-state index < -0.39 is 0 Å². The minimum Gasteiger partial charge on any atom is -0.380 e. The zero-order valence-electron chi connectivity index (χ0n) is 9.29. The average Bonchev–Trinajstić information content (AvgIpc) is 2.26. The van der Waals surface area contributed by atoms with Crippen LogP contribution in [-0.2, 0) is 11.2 Å². The molecule has 0 saturated heterocycles. The van der Waals surface area contributed by atoms with Crippen LogP contribution in [0.4, 0.5) is 0 Å². The Balaban J connectivity index is 2.54. The molecule has 0 saturated carbocycles. The van der Waals surface area contributed by atoms with Gasteiger partial charge in [0.1, 0.15) is 0 Å². The first kappa shape index (κ1) is 12.7. The lowest BCUT2D eigenvalue weighted by atomic mass is 10.1. The Morgan fingerprint density at radius 1 is 1.40 bits per heavy atom. The number of hydrogen-bond acceptors (Lipinski definition) is 2. The van der Waals surface area contributed by atoms with Crippen molar-refractivity contribution in [2.45, 2.75) is 19.4 Å². The first-order valence-electron chi connectivity index (χ1n) is 5.26. The minimum atomic E-state index is 0.378. The van der Waals surface area contributed by atoms with Crippen LogP contribution in [0.5, 0.6) is 0 Å². The first-order chi connectivity index (χ1) is 7.27. The van der Waals surface area contributed by atoms with E-state index in [9.17, 15) is 0 Å². The van der Waals surface area contributed by atoms with Gasteiger partial charge in [0.15, 0.2) is 0 Å². The van der Waals surface area contributed by atoms with Crippen LogP contribution < -0.4 is 5.32 Å². The smallest absolute Gasteiger partial charge is 0.0622 e. The molecular weight excluding hydrogens is 254 g/mol. The van der Waals surface area contributed by atoms with Gasteiger partial charge in [0.05, 0.1) is 6.61 Å². The summed E-state index contributed by atoms with van der Waals surface area (Å²) in [5.41, 5.74) is 1.32. The maximum atomic E-state index is 5.42. The molecule has 15 heavy (non-hydrogen) atoms. The highest BCUT2D eigenvalue weighted by molar-refractivity contribution is 9.10. The fourth-order valence-corrected chi connectivity index (χ4v) is 1.88. The highest BCUT2D eigenvalue weighted by Crippen LogP contribution is 2.17. The third-order valence-electron chi connectivity index (χ3n) is 2.36. The Hall–Kier alpha value is -0.380. The molecule has 0 spiro atoms. The summed E-state index contributed by atoms with van der Waals surface area (Å²) in [7, 11) is 1.97. The molecule has 0 heterocycles. The third kappa shape index (κ3) is 4.33. The molecule has 1 unspecified atom stereocenters. The van der Waals surface area contributed by atoms with Gasteiger partial charge in [-0.1, -0.05) is 34.1 Å². The van der Waals surface area contributed by atoms with Crippen LogP contribution in [0.3, 0.4) is 0 Å². The van der Waals surface area contributed by atoms with Gasteiger partial charge in [-0.15, -0.1) is 0 Å². The molecular formula is C12H18BrNO. The summed E-state index contributed by atoms with van der Waals surface area (Å²) in [4.78, 5) is 0. The van der Waals surface area contributed by atoms with Crippen molar-refractivity contribution in [3.8, 4) is 0 Å². The summed E-state index contributed by atoms with van der Waals surface area (Å²) in [6.45, 7) is 3.55. The van der Waals surface area contributed by atoms with Crippen LogP contribution in [0.2, 0.25) is 0 Å². The van der Waals surface area contributed by atoms with E-state index in [1.165, 1.54) is 10.0 Å². The molecule has 3 heteroatoms. The van der Waals surface area contributed by atoms with Crippen LogP contribution in [0, 0.1) is 0 Å². The van der Waals surface area contributed by atoms with Gasteiger partial charge in [-0.2, -0.15) is 0 Å². The molecule has 0 amide bonds. The van der Waals surface area contributed by atoms with E-state index in [2.05, 4.69) is 39.4 Å². The van der Waals surface area contributed by atoms with Crippen molar-refractivity contribution in [2.75, 3.05) is 20.3 Å². The maximum absolute atomic E-state index is 5.42. The van der Waals surface area contributed by atoms with Gasteiger partial charge in [0, 0.05) is 17.1 Å². The van der Waals surface area contributed by atoms with E-state index in [-0.39, 0.29) is 0 Å². The molecule has 0 bridgehead atoms. The zero-order valence-corrected chi connectivity index (χ0v) is 10.9. The Kier molecular flexibility index (Phi) is 5.91. The fourth-order valence-electron chi connectivity index (χ4n) is 1.43. The van der Waals surface area contributed by atoms with Crippen LogP contribution in [0.15, 0.2) is 28.7 Å². The second-order valence-corrected chi connectivity index (χ2v) is 4.29. The number of likely N-dealkylation sites (N-methyl/N-ethyl adjacent to an activating group) is 1. The predicted molar refractivity (Wildman–Crippen MR) is 67.2 cm³/mol. The van der Waals surface area contributed by atoms with Crippen LogP contribution in [0.25, 0.3) is 0 Å². The predicted octanol–water partition coefficient (Wildman–Crippen LogP) is 2.62. The van der Waals surface area contributed by atoms with Crippen LogP contribution in [0.1, 0.15) is 12.5 Å². The molecule has 0 radical (unpaired) electrons. The molecule has 2 nitrogen and oxygen atoms in total. The van der Waals surface area contributed by atoms with E-state index >= 15 is 0 Å². The van der Waals surface area contributed by atoms with Crippen molar-refractivity contribution >= 4 is 15.9 Å². The largest absolute Gasteiger partial charge is 0.380 e. The topological polar surface area (TPSA) is 21.3 Å². The van der Waals surface area contributed by atoms with E-state index in [0.717, 1.165) is 19.6 Å². The Morgan fingerprint density at radius 2 is 2.13 bits per heavy atom. The molecule has 0 aromatic heterocycles. The molecule has 0 aliphatic rings. The Bertz CT molecular complexity index is 291. The summed E-state index contributed by atoms with van der Waals surface area (Å²) >= 11 is 3.55. The van der Waals surface area contributed by atoms with Crippen molar-refractivity contribution < 1.29 is 4.74 Å². The van der Waals surface area contributed by atoms with E-state index in [4.69, 9.17) is 4.74 Å². The molecule has 1 N–H and O–H groups in total. The summed E-state index contributed by atoms with van der Waals surface area (Å²) in [5, 5.41) is 3.27. The third-order valence-corrected chi connectivity index (χ3v) is 3.13. The van der Waals surface area contributed by atoms with Gasteiger partial charge in [-0.05, 0) is 32.0 Å². The monoisotopic (exact) mass is 271 g/mol. The maximum Gasteiger partial charge on any atom is 0.0622 e. The van der Waals surface area contributed by atoms with Gasteiger partial charge in [0.25, 0.3) is 0 Å². The SMILES string of the molecule is CCOCC(Cc1ccccc1Br)NC. The molecule has 1 rings (SSSR count).